The third kappa shape index (κ3) is 10.2. The molecule has 0 aromatic heterocycles. The molecule has 36 heavy (non-hydrogen) atoms. The Hall–Kier alpha value is -1.86. The fraction of sp³-hybridized carbons (Fsp3) is 0.536. The molecule has 0 aliphatic carbocycles. The first-order valence-corrected chi connectivity index (χ1v) is 13.6. The van der Waals surface area contributed by atoms with Crippen molar-refractivity contribution in [3.05, 3.63) is 35.9 Å². The van der Waals surface area contributed by atoms with E-state index >= 15 is 0 Å². The summed E-state index contributed by atoms with van der Waals surface area (Å²) in [6.07, 6.45) is 9.08. The molecular weight excluding hydrogens is 470 g/mol. The summed E-state index contributed by atoms with van der Waals surface area (Å²) >= 11 is 0. The molecule has 2 rings (SSSR count). The second-order valence-electron chi connectivity index (χ2n) is 8.34. The summed E-state index contributed by atoms with van der Waals surface area (Å²) in [4.78, 5) is 13.4. The summed E-state index contributed by atoms with van der Waals surface area (Å²) in [5.41, 5.74) is 0.310. The van der Waals surface area contributed by atoms with Gasteiger partial charge in [0.2, 0.25) is 0 Å². The molecule has 0 amide bonds. The molecule has 0 fully saturated rings. The molecule has 6 nitrogen and oxygen atoms in total. The van der Waals surface area contributed by atoms with Crippen LogP contribution in [0.15, 0.2) is 30.3 Å². The maximum atomic E-state index is 13.4. The van der Waals surface area contributed by atoms with Crippen LogP contribution in [0.3, 0.4) is 0 Å². The number of rotatable bonds is 18. The van der Waals surface area contributed by atoms with Crippen molar-refractivity contribution in [2.24, 2.45) is 0 Å². The normalized spacial score (nSPS) is 10.7. The number of benzene rings is 2. The van der Waals surface area contributed by atoms with Gasteiger partial charge in [-0.2, -0.15) is 0 Å². The second kappa shape index (κ2) is 18.4. The van der Waals surface area contributed by atoms with Crippen LogP contribution < -0.4 is 47.8 Å². The van der Waals surface area contributed by atoms with E-state index in [4.69, 9.17) is 23.7 Å². The minimum atomic E-state index is -0.159. The number of hydrogen-bond acceptors (Lipinski definition) is 6. The molecule has 1 unspecified atom stereocenters. The smallest absolute Gasteiger partial charge is 0.496 e. The molecule has 0 aliphatic heterocycles. The number of unbranched alkanes of at least 4 members (excludes halogenated alkanes) is 6. The van der Waals surface area contributed by atoms with Gasteiger partial charge in [-0.05, 0) is 33.6 Å². The Kier molecular flexibility index (Phi) is 16.4. The number of ether oxygens (including phenoxy) is 5. The Balaban J connectivity index is 0.00000648. The predicted octanol–water partition coefficient (Wildman–Crippen LogP) is 3.78. The fourth-order valence-electron chi connectivity index (χ4n) is 3.66. The van der Waals surface area contributed by atoms with Gasteiger partial charge in [0.05, 0.1) is 34.5 Å². The predicted molar refractivity (Wildman–Crippen MR) is 144 cm³/mol. The third-order valence-corrected chi connectivity index (χ3v) is 6.82. The van der Waals surface area contributed by atoms with Crippen molar-refractivity contribution in [3.63, 3.8) is 0 Å². The Morgan fingerprint density at radius 2 is 1.25 bits per heavy atom. The molecule has 0 saturated carbocycles. The standard InChI is InChI=1S/C28H41O6P.Li/c1-6-8-10-12-16-33-21-14-15-26(23(18-21)34-17-13-11-9-7-2)35-28(29)27-24(31-4)19-22(30-3)20-25(27)32-5;/h14-15,18-20,35H,6-13,16-17H2,1-5H3;/q;+1. The van der Waals surface area contributed by atoms with Crippen LogP contribution in [-0.4, -0.2) is 40.1 Å². The van der Waals surface area contributed by atoms with Crippen LogP contribution in [0.4, 0.5) is 0 Å². The zero-order chi connectivity index (χ0) is 25.5. The summed E-state index contributed by atoms with van der Waals surface area (Å²) in [6.45, 7) is 5.68. The van der Waals surface area contributed by atoms with Crippen LogP contribution >= 0.6 is 8.58 Å². The van der Waals surface area contributed by atoms with Gasteiger partial charge in [-0.3, -0.25) is 4.79 Å². The van der Waals surface area contributed by atoms with Crippen LogP contribution in [0, 0.1) is 0 Å². The van der Waals surface area contributed by atoms with Gasteiger partial charge < -0.3 is 23.7 Å². The van der Waals surface area contributed by atoms with Crippen molar-refractivity contribution in [1.82, 2.24) is 0 Å². The SMILES string of the molecule is CCCCCCOc1ccc(PC(=O)c2c(OC)cc(OC)cc2OC)c(OCCCCCC)c1.[Li+]. The van der Waals surface area contributed by atoms with Crippen LogP contribution in [0.25, 0.3) is 0 Å². The monoisotopic (exact) mass is 511 g/mol. The van der Waals surface area contributed by atoms with E-state index in [0.29, 0.717) is 41.8 Å². The quantitative estimate of drug-likeness (QED) is 0.173. The number of carbonyl (C=O) groups excluding carboxylic acids is 1. The van der Waals surface area contributed by atoms with Crippen LogP contribution in [-0.2, 0) is 0 Å². The van der Waals surface area contributed by atoms with Crippen molar-refractivity contribution >= 4 is 19.4 Å². The number of hydrogen-bond donors (Lipinski definition) is 0. The van der Waals surface area contributed by atoms with E-state index in [1.54, 1.807) is 19.2 Å². The van der Waals surface area contributed by atoms with Gasteiger partial charge in [0.15, 0.2) is 5.52 Å². The molecule has 194 valence electrons. The summed E-state index contributed by atoms with van der Waals surface area (Å²) in [6, 6.07) is 9.16. The summed E-state index contributed by atoms with van der Waals surface area (Å²) in [7, 11) is 4.47. The maximum absolute atomic E-state index is 13.4. The van der Waals surface area contributed by atoms with Gasteiger partial charge in [0.25, 0.3) is 0 Å². The number of methoxy groups -OCH3 is 3. The molecule has 0 aliphatic rings. The van der Waals surface area contributed by atoms with Crippen LogP contribution in [0.5, 0.6) is 28.7 Å². The van der Waals surface area contributed by atoms with E-state index < -0.39 is 0 Å². The minimum Gasteiger partial charge on any atom is -0.496 e. The summed E-state index contributed by atoms with van der Waals surface area (Å²) < 4.78 is 28.4. The Labute approximate surface area is 230 Å². The van der Waals surface area contributed by atoms with E-state index in [-0.39, 0.29) is 33.0 Å². The van der Waals surface area contributed by atoms with Gasteiger partial charge in [0.1, 0.15) is 34.3 Å². The van der Waals surface area contributed by atoms with E-state index in [9.17, 15) is 4.79 Å². The van der Waals surface area contributed by atoms with E-state index in [0.717, 1.165) is 36.7 Å². The molecule has 0 heterocycles. The van der Waals surface area contributed by atoms with Crippen LogP contribution in [0.2, 0.25) is 0 Å². The summed E-state index contributed by atoms with van der Waals surface area (Å²) in [5.74, 6) is 2.88. The first kappa shape index (κ1) is 32.2. The molecule has 8 heteroatoms. The number of carbonyl (C=O) groups is 1. The van der Waals surface area contributed by atoms with E-state index in [1.165, 1.54) is 39.9 Å². The van der Waals surface area contributed by atoms with Gasteiger partial charge in [-0.1, -0.05) is 52.4 Å². The molecule has 2 aromatic carbocycles. The van der Waals surface area contributed by atoms with E-state index in [2.05, 4.69) is 13.8 Å². The summed E-state index contributed by atoms with van der Waals surface area (Å²) in [5, 5.41) is 0.837. The van der Waals surface area contributed by atoms with E-state index in [1.807, 2.05) is 18.2 Å². The average molecular weight is 512 g/mol. The van der Waals surface area contributed by atoms with Crippen LogP contribution in [0.1, 0.15) is 75.6 Å². The third-order valence-electron chi connectivity index (χ3n) is 5.67. The Bertz CT molecular complexity index is 896. The molecule has 0 N–H and O–H groups in total. The van der Waals surface area contributed by atoms with Crippen molar-refractivity contribution in [3.8, 4) is 28.7 Å². The molecule has 0 saturated heterocycles. The topological polar surface area (TPSA) is 63.2 Å². The second-order valence-corrected chi connectivity index (χ2v) is 9.58. The Morgan fingerprint density at radius 1 is 0.694 bits per heavy atom. The van der Waals surface area contributed by atoms with Gasteiger partial charge in [-0.15, -0.1) is 0 Å². The first-order chi connectivity index (χ1) is 17.1. The van der Waals surface area contributed by atoms with Gasteiger partial charge in [0, 0.05) is 23.5 Å². The molecule has 0 bridgehead atoms. The molecular formula is C28H41LiO6P+. The fourth-order valence-corrected chi connectivity index (χ4v) is 4.71. The molecule has 2 aromatic rings. The van der Waals surface area contributed by atoms with Crippen molar-refractivity contribution in [2.75, 3.05) is 34.5 Å². The zero-order valence-corrected chi connectivity index (χ0v) is 23.9. The van der Waals surface area contributed by atoms with Crippen molar-refractivity contribution < 1.29 is 47.3 Å². The average Bonchev–Trinajstić information content (AvgIpc) is 2.88. The first-order valence-electron chi connectivity index (χ1n) is 12.6. The molecule has 0 radical (unpaired) electrons. The Morgan fingerprint density at radius 3 is 1.78 bits per heavy atom. The van der Waals surface area contributed by atoms with Crippen molar-refractivity contribution in [1.29, 1.82) is 0 Å². The molecule has 0 spiro atoms. The molecule has 1 atom stereocenters. The maximum Gasteiger partial charge on any atom is 1.00 e. The zero-order valence-electron chi connectivity index (χ0n) is 22.9. The van der Waals surface area contributed by atoms with Crippen molar-refractivity contribution in [2.45, 2.75) is 65.2 Å². The van der Waals surface area contributed by atoms with Gasteiger partial charge >= 0.3 is 18.9 Å². The largest absolute Gasteiger partial charge is 1.00 e. The van der Waals surface area contributed by atoms with Gasteiger partial charge in [-0.25, -0.2) is 0 Å². The minimum absolute atomic E-state index is 0.